The van der Waals surface area contributed by atoms with E-state index >= 15 is 0 Å². The monoisotopic (exact) mass is 259 g/mol. The Balaban J connectivity index is 1.90. The van der Waals surface area contributed by atoms with Gasteiger partial charge in [-0.3, -0.25) is 0 Å². The molecular weight excluding hydrogens is 246 g/mol. The summed E-state index contributed by atoms with van der Waals surface area (Å²) in [4.78, 5) is 8.24. The number of aryl methyl sites for hydroxylation is 1. The lowest BCUT2D eigenvalue weighted by Crippen LogP contribution is -2.02. The van der Waals surface area contributed by atoms with Gasteiger partial charge in [0.05, 0.1) is 0 Å². The Labute approximate surface area is 112 Å². The maximum Gasteiger partial charge on any atom is 0.134 e. The van der Waals surface area contributed by atoms with Crippen LogP contribution in [-0.4, -0.2) is 16.5 Å². The molecule has 0 unspecified atom stereocenters. The van der Waals surface area contributed by atoms with Gasteiger partial charge in [-0.2, -0.15) is 0 Å². The molecule has 0 radical (unpaired) electrons. The molecule has 1 aromatic carbocycles. The van der Waals surface area contributed by atoms with Crippen molar-refractivity contribution < 1.29 is 0 Å². The van der Waals surface area contributed by atoms with E-state index in [1.54, 1.807) is 6.07 Å². The van der Waals surface area contributed by atoms with Crippen molar-refractivity contribution in [1.82, 2.24) is 9.97 Å². The van der Waals surface area contributed by atoms with Crippen molar-refractivity contribution in [3.63, 3.8) is 0 Å². The number of nitrogens with zero attached hydrogens (tertiary/aromatic N) is 2. The molecule has 1 N–H and O–H groups in total. The summed E-state index contributed by atoms with van der Waals surface area (Å²) in [7, 11) is 0. The van der Waals surface area contributed by atoms with E-state index in [9.17, 15) is 0 Å². The van der Waals surface area contributed by atoms with Gasteiger partial charge in [0.25, 0.3) is 0 Å². The normalized spacial score (nSPS) is 10.8. The molecule has 1 aromatic heterocycles. The first kappa shape index (κ1) is 12.6. The minimum Gasteiger partial charge on any atom is -0.366 e. The Kier molecular flexibility index (Phi) is 4.31. The van der Waals surface area contributed by atoms with E-state index < -0.39 is 0 Å². The minimum absolute atomic E-state index is 0.456. The Morgan fingerprint density at radius 2 is 2.00 bits per heavy atom. The smallest absolute Gasteiger partial charge is 0.134 e. The van der Waals surface area contributed by atoms with Gasteiger partial charge in [-0.1, -0.05) is 54.1 Å². The fourth-order valence-electron chi connectivity index (χ4n) is 1.54. The number of hydrogen-bond acceptors (Lipinski definition) is 3. The molecule has 0 bridgehead atoms. The fraction of sp³-hybridized carbons (Fsp3) is 0.143. The van der Waals surface area contributed by atoms with Crippen LogP contribution in [0, 0.1) is 6.92 Å². The lowest BCUT2D eigenvalue weighted by atomic mass is 10.2. The lowest BCUT2D eigenvalue weighted by molar-refractivity contribution is 1.04. The van der Waals surface area contributed by atoms with Crippen LogP contribution in [0.25, 0.3) is 6.08 Å². The molecule has 0 atom stereocenters. The molecule has 0 saturated heterocycles. The second-order valence-corrected chi connectivity index (χ2v) is 4.20. The van der Waals surface area contributed by atoms with Gasteiger partial charge in [-0.15, -0.1) is 0 Å². The molecule has 0 aliphatic heterocycles. The predicted octanol–water partition coefficient (Wildman–Crippen LogP) is 3.56. The second-order valence-electron chi connectivity index (χ2n) is 3.82. The fourth-order valence-corrected chi connectivity index (χ4v) is 1.77. The number of anilines is 1. The Morgan fingerprint density at radius 1 is 1.22 bits per heavy atom. The van der Waals surface area contributed by atoms with Crippen molar-refractivity contribution in [3.8, 4) is 0 Å². The topological polar surface area (TPSA) is 37.8 Å². The van der Waals surface area contributed by atoms with Gasteiger partial charge in [-0.25, -0.2) is 9.97 Å². The zero-order chi connectivity index (χ0) is 12.8. The quantitative estimate of drug-likeness (QED) is 0.853. The number of nitrogens with one attached hydrogen (secondary N) is 1. The first-order valence-electron chi connectivity index (χ1n) is 5.71. The molecule has 18 heavy (non-hydrogen) atoms. The van der Waals surface area contributed by atoms with Crippen molar-refractivity contribution in [2.24, 2.45) is 0 Å². The highest BCUT2D eigenvalue weighted by molar-refractivity contribution is 6.29. The zero-order valence-corrected chi connectivity index (χ0v) is 10.9. The Hall–Kier alpha value is -1.87. The van der Waals surface area contributed by atoms with Gasteiger partial charge in [0.1, 0.15) is 16.8 Å². The van der Waals surface area contributed by atoms with Crippen LogP contribution in [0.1, 0.15) is 11.4 Å². The molecule has 3 nitrogen and oxygen atoms in total. The summed E-state index contributed by atoms with van der Waals surface area (Å²) in [6, 6.07) is 11.9. The Bertz CT molecular complexity index is 518. The third kappa shape index (κ3) is 3.86. The first-order valence-corrected chi connectivity index (χ1v) is 6.08. The van der Waals surface area contributed by atoms with Crippen LogP contribution in [0.4, 0.5) is 5.82 Å². The van der Waals surface area contributed by atoms with E-state index in [0.29, 0.717) is 17.5 Å². The van der Waals surface area contributed by atoms with Crippen molar-refractivity contribution >= 4 is 23.5 Å². The van der Waals surface area contributed by atoms with E-state index in [4.69, 9.17) is 11.6 Å². The van der Waals surface area contributed by atoms with Gasteiger partial charge < -0.3 is 5.32 Å². The zero-order valence-electron chi connectivity index (χ0n) is 10.1. The summed E-state index contributed by atoms with van der Waals surface area (Å²) in [5.74, 6) is 1.40. The average molecular weight is 260 g/mol. The molecule has 0 spiro atoms. The van der Waals surface area contributed by atoms with Crippen molar-refractivity contribution in [2.75, 3.05) is 11.9 Å². The van der Waals surface area contributed by atoms with Crippen molar-refractivity contribution in [3.05, 3.63) is 59.0 Å². The summed E-state index contributed by atoms with van der Waals surface area (Å²) in [6.45, 7) is 2.51. The third-order valence-electron chi connectivity index (χ3n) is 2.32. The van der Waals surface area contributed by atoms with E-state index in [1.165, 1.54) is 5.56 Å². The molecule has 0 amide bonds. The molecule has 1 heterocycles. The molecule has 4 heteroatoms. The molecule has 0 aliphatic rings. The number of rotatable bonds is 4. The third-order valence-corrected chi connectivity index (χ3v) is 2.51. The lowest BCUT2D eigenvalue weighted by Gasteiger charge is -2.03. The molecular formula is C14H14ClN3. The maximum atomic E-state index is 5.85. The van der Waals surface area contributed by atoms with E-state index in [1.807, 2.05) is 31.2 Å². The first-order chi connectivity index (χ1) is 8.74. The number of hydrogen-bond donors (Lipinski definition) is 1. The van der Waals surface area contributed by atoms with Gasteiger partial charge in [-0.05, 0) is 12.5 Å². The number of halogens is 1. The minimum atomic E-state index is 0.456. The number of aromatic nitrogens is 2. The van der Waals surface area contributed by atoms with Gasteiger partial charge in [0, 0.05) is 12.6 Å². The standard InChI is InChI=1S/C14H14ClN3/c1-11-17-13(15)10-14(18-11)16-9-5-8-12-6-3-2-4-7-12/h2-8,10H,9H2,1H3,(H,16,17,18)/b8-5+. The van der Waals surface area contributed by atoms with Crippen LogP contribution in [0.2, 0.25) is 5.15 Å². The molecule has 0 fully saturated rings. The highest BCUT2D eigenvalue weighted by Crippen LogP contribution is 2.10. The largest absolute Gasteiger partial charge is 0.366 e. The molecule has 2 aromatic rings. The van der Waals surface area contributed by atoms with Crippen LogP contribution in [0.3, 0.4) is 0 Å². The number of benzene rings is 1. The molecule has 0 aliphatic carbocycles. The van der Waals surface area contributed by atoms with Crippen molar-refractivity contribution in [1.29, 1.82) is 0 Å². The predicted molar refractivity (Wildman–Crippen MR) is 75.7 cm³/mol. The van der Waals surface area contributed by atoms with Gasteiger partial charge >= 0.3 is 0 Å². The summed E-state index contributed by atoms with van der Waals surface area (Å²) < 4.78 is 0. The highest BCUT2D eigenvalue weighted by Gasteiger charge is 1.97. The summed E-state index contributed by atoms with van der Waals surface area (Å²) >= 11 is 5.85. The van der Waals surface area contributed by atoms with Crippen LogP contribution in [0.15, 0.2) is 42.5 Å². The van der Waals surface area contributed by atoms with Crippen LogP contribution in [-0.2, 0) is 0 Å². The van der Waals surface area contributed by atoms with Crippen LogP contribution < -0.4 is 5.32 Å². The van der Waals surface area contributed by atoms with Gasteiger partial charge in [0.15, 0.2) is 0 Å². The van der Waals surface area contributed by atoms with E-state index in [0.717, 1.165) is 5.82 Å². The van der Waals surface area contributed by atoms with Crippen molar-refractivity contribution in [2.45, 2.75) is 6.92 Å². The second kappa shape index (κ2) is 6.17. The molecule has 92 valence electrons. The van der Waals surface area contributed by atoms with E-state index in [2.05, 4.69) is 33.5 Å². The SMILES string of the molecule is Cc1nc(Cl)cc(NC/C=C/c2ccccc2)n1. The highest BCUT2D eigenvalue weighted by atomic mass is 35.5. The van der Waals surface area contributed by atoms with Gasteiger partial charge in [0.2, 0.25) is 0 Å². The summed E-state index contributed by atoms with van der Waals surface area (Å²) in [5, 5.41) is 3.63. The maximum absolute atomic E-state index is 5.85. The Morgan fingerprint density at radius 3 is 2.72 bits per heavy atom. The average Bonchev–Trinajstić information content (AvgIpc) is 2.35. The van der Waals surface area contributed by atoms with E-state index in [-0.39, 0.29) is 0 Å². The van der Waals surface area contributed by atoms with Crippen LogP contribution in [0.5, 0.6) is 0 Å². The summed E-state index contributed by atoms with van der Waals surface area (Å²) in [5.41, 5.74) is 1.18. The van der Waals surface area contributed by atoms with Crippen LogP contribution >= 0.6 is 11.6 Å². The molecule has 2 rings (SSSR count). The molecule has 0 saturated carbocycles. The summed E-state index contributed by atoms with van der Waals surface area (Å²) in [6.07, 6.45) is 4.10.